The third-order valence-corrected chi connectivity index (χ3v) is 4.88. The van der Waals surface area contributed by atoms with E-state index in [1.54, 1.807) is 6.20 Å². The van der Waals surface area contributed by atoms with Crippen molar-refractivity contribution in [1.82, 2.24) is 4.98 Å². The van der Waals surface area contributed by atoms with Gasteiger partial charge in [0.1, 0.15) is 0 Å². The van der Waals surface area contributed by atoms with Crippen molar-refractivity contribution < 1.29 is 5.11 Å². The van der Waals surface area contributed by atoms with Gasteiger partial charge in [-0.2, -0.15) is 0 Å². The summed E-state index contributed by atoms with van der Waals surface area (Å²) in [7, 11) is 0. The summed E-state index contributed by atoms with van der Waals surface area (Å²) in [5, 5.41) is 11.0. The van der Waals surface area contributed by atoms with Gasteiger partial charge >= 0.3 is 0 Å². The SMILES string of the molecule is OC(Cc1cccnc1)C1(c2ccccc2)CCCCC1. The fourth-order valence-electron chi connectivity index (χ4n) is 3.70. The number of hydrogen-bond acceptors (Lipinski definition) is 2. The molecule has 1 aliphatic carbocycles. The second kappa shape index (κ2) is 6.40. The lowest BCUT2D eigenvalue weighted by atomic mass is 9.65. The quantitative estimate of drug-likeness (QED) is 0.922. The van der Waals surface area contributed by atoms with Crippen LogP contribution >= 0.6 is 0 Å². The Morgan fingerprint density at radius 3 is 2.43 bits per heavy atom. The first-order chi connectivity index (χ1) is 10.3. The smallest absolute Gasteiger partial charge is 0.0677 e. The van der Waals surface area contributed by atoms with Crippen LogP contribution < -0.4 is 0 Å². The second-order valence-electron chi connectivity index (χ2n) is 6.16. The van der Waals surface area contributed by atoms with Crippen LogP contribution in [0.25, 0.3) is 0 Å². The number of rotatable bonds is 4. The van der Waals surface area contributed by atoms with E-state index in [2.05, 4.69) is 35.3 Å². The van der Waals surface area contributed by atoms with E-state index in [0.29, 0.717) is 6.42 Å². The zero-order valence-electron chi connectivity index (χ0n) is 12.4. The van der Waals surface area contributed by atoms with E-state index in [1.165, 1.54) is 24.8 Å². The molecule has 1 saturated carbocycles. The minimum atomic E-state index is -0.343. The molecule has 110 valence electrons. The zero-order valence-corrected chi connectivity index (χ0v) is 12.4. The first-order valence-corrected chi connectivity index (χ1v) is 7.94. The minimum absolute atomic E-state index is 0.0879. The first kappa shape index (κ1) is 14.3. The minimum Gasteiger partial charge on any atom is -0.392 e. The Labute approximate surface area is 126 Å². The van der Waals surface area contributed by atoms with Crippen LogP contribution in [0.15, 0.2) is 54.9 Å². The Hall–Kier alpha value is -1.67. The topological polar surface area (TPSA) is 33.1 Å². The average molecular weight is 281 g/mol. The third kappa shape index (κ3) is 3.01. The highest BCUT2D eigenvalue weighted by atomic mass is 16.3. The van der Waals surface area contributed by atoms with Crippen LogP contribution in [0.1, 0.15) is 43.2 Å². The summed E-state index contributed by atoms with van der Waals surface area (Å²) in [6, 6.07) is 14.6. The maximum absolute atomic E-state index is 11.0. The van der Waals surface area contributed by atoms with E-state index in [9.17, 15) is 5.11 Å². The van der Waals surface area contributed by atoms with Gasteiger partial charge in [0.25, 0.3) is 0 Å². The summed E-state index contributed by atoms with van der Waals surface area (Å²) >= 11 is 0. The molecule has 2 heteroatoms. The van der Waals surface area contributed by atoms with Gasteiger partial charge < -0.3 is 5.11 Å². The number of hydrogen-bond donors (Lipinski definition) is 1. The van der Waals surface area contributed by atoms with Gasteiger partial charge in [0.05, 0.1) is 6.10 Å². The molecule has 0 radical (unpaired) electrons. The zero-order chi connectivity index (χ0) is 14.5. The van der Waals surface area contributed by atoms with Crippen molar-refractivity contribution in [2.75, 3.05) is 0 Å². The van der Waals surface area contributed by atoms with Crippen molar-refractivity contribution in [2.45, 2.75) is 50.0 Å². The molecule has 1 heterocycles. The summed E-state index contributed by atoms with van der Waals surface area (Å²) in [6.45, 7) is 0. The van der Waals surface area contributed by atoms with E-state index in [4.69, 9.17) is 0 Å². The predicted octanol–water partition coefficient (Wildman–Crippen LogP) is 3.89. The molecule has 3 rings (SSSR count). The van der Waals surface area contributed by atoms with Crippen LogP contribution in [0, 0.1) is 0 Å². The molecule has 0 bridgehead atoms. The highest BCUT2D eigenvalue weighted by Gasteiger charge is 2.40. The second-order valence-corrected chi connectivity index (χ2v) is 6.16. The molecular weight excluding hydrogens is 258 g/mol. The predicted molar refractivity (Wildman–Crippen MR) is 85.2 cm³/mol. The third-order valence-electron chi connectivity index (χ3n) is 4.88. The molecule has 0 amide bonds. The molecule has 2 nitrogen and oxygen atoms in total. The van der Waals surface area contributed by atoms with Gasteiger partial charge in [-0.05, 0) is 30.0 Å². The van der Waals surface area contributed by atoms with Gasteiger partial charge in [0.15, 0.2) is 0 Å². The van der Waals surface area contributed by atoms with E-state index >= 15 is 0 Å². The molecule has 1 aromatic heterocycles. The first-order valence-electron chi connectivity index (χ1n) is 7.94. The summed E-state index contributed by atoms with van der Waals surface area (Å²) in [4.78, 5) is 4.17. The molecule has 0 aliphatic heterocycles. The standard InChI is InChI=1S/C19H23NO/c21-18(14-16-8-7-13-20-15-16)19(11-5-2-6-12-19)17-9-3-1-4-10-17/h1,3-4,7-10,13,15,18,21H,2,5-6,11-12,14H2. The van der Waals surface area contributed by atoms with E-state index < -0.39 is 0 Å². The van der Waals surface area contributed by atoms with Crippen LogP contribution in [0.4, 0.5) is 0 Å². The Balaban J connectivity index is 1.88. The molecule has 1 aromatic carbocycles. The van der Waals surface area contributed by atoms with Gasteiger partial charge in [-0.15, -0.1) is 0 Å². The fraction of sp³-hybridized carbons (Fsp3) is 0.421. The fourth-order valence-corrected chi connectivity index (χ4v) is 3.70. The molecule has 1 fully saturated rings. The largest absolute Gasteiger partial charge is 0.392 e. The van der Waals surface area contributed by atoms with Crippen molar-refractivity contribution in [1.29, 1.82) is 0 Å². The van der Waals surface area contributed by atoms with Crippen LogP contribution in [0.5, 0.6) is 0 Å². The lowest BCUT2D eigenvalue weighted by Gasteiger charge is -2.42. The van der Waals surface area contributed by atoms with Gasteiger partial charge in [0.2, 0.25) is 0 Å². The maximum Gasteiger partial charge on any atom is 0.0677 e. The normalized spacial score (nSPS) is 19.1. The van der Waals surface area contributed by atoms with E-state index in [0.717, 1.165) is 18.4 Å². The monoisotopic (exact) mass is 281 g/mol. The average Bonchev–Trinajstić information content (AvgIpc) is 2.57. The Morgan fingerprint density at radius 1 is 1.00 bits per heavy atom. The Bertz CT molecular complexity index is 546. The summed E-state index contributed by atoms with van der Waals surface area (Å²) < 4.78 is 0. The number of aliphatic hydroxyl groups excluding tert-OH is 1. The lowest BCUT2D eigenvalue weighted by Crippen LogP contribution is -2.42. The van der Waals surface area contributed by atoms with E-state index in [1.807, 2.05) is 18.3 Å². The molecule has 1 aliphatic rings. The van der Waals surface area contributed by atoms with Gasteiger partial charge in [-0.1, -0.05) is 55.7 Å². The Kier molecular flexibility index (Phi) is 4.35. The number of pyridine rings is 1. The molecule has 1 atom stereocenters. The molecule has 21 heavy (non-hydrogen) atoms. The van der Waals surface area contributed by atoms with E-state index in [-0.39, 0.29) is 11.5 Å². The molecule has 1 unspecified atom stereocenters. The van der Waals surface area contributed by atoms with Crippen molar-refractivity contribution in [3.63, 3.8) is 0 Å². The van der Waals surface area contributed by atoms with Gasteiger partial charge in [-0.3, -0.25) is 4.98 Å². The molecule has 2 aromatic rings. The number of aromatic nitrogens is 1. The molecule has 1 N–H and O–H groups in total. The van der Waals surface area contributed by atoms with Crippen molar-refractivity contribution >= 4 is 0 Å². The van der Waals surface area contributed by atoms with Gasteiger partial charge in [0, 0.05) is 24.2 Å². The van der Waals surface area contributed by atoms with Crippen molar-refractivity contribution in [3.05, 3.63) is 66.0 Å². The van der Waals surface area contributed by atoms with Crippen LogP contribution in [-0.2, 0) is 11.8 Å². The summed E-state index contributed by atoms with van der Waals surface area (Å²) in [6.07, 6.45) is 9.85. The number of benzene rings is 1. The summed E-state index contributed by atoms with van der Waals surface area (Å²) in [5.74, 6) is 0. The van der Waals surface area contributed by atoms with Crippen molar-refractivity contribution in [2.24, 2.45) is 0 Å². The lowest BCUT2D eigenvalue weighted by molar-refractivity contribution is 0.0539. The number of aliphatic hydroxyl groups is 1. The summed E-state index contributed by atoms with van der Waals surface area (Å²) in [5.41, 5.74) is 2.32. The maximum atomic E-state index is 11.0. The molecule has 0 saturated heterocycles. The van der Waals surface area contributed by atoms with Crippen molar-refractivity contribution in [3.8, 4) is 0 Å². The molecule has 0 spiro atoms. The molecular formula is C19H23NO. The Morgan fingerprint density at radius 2 is 1.76 bits per heavy atom. The van der Waals surface area contributed by atoms with Crippen LogP contribution in [0.2, 0.25) is 0 Å². The number of nitrogens with zero attached hydrogens (tertiary/aromatic N) is 1. The van der Waals surface area contributed by atoms with Crippen LogP contribution in [-0.4, -0.2) is 16.2 Å². The highest BCUT2D eigenvalue weighted by molar-refractivity contribution is 5.29. The van der Waals surface area contributed by atoms with Gasteiger partial charge in [-0.25, -0.2) is 0 Å². The van der Waals surface area contributed by atoms with Crippen LogP contribution in [0.3, 0.4) is 0 Å². The highest BCUT2D eigenvalue weighted by Crippen LogP contribution is 2.43.